The number of nitrogens with one attached hydrogen (secondary N) is 1. The molecule has 1 N–H and O–H groups in total. The van der Waals surface area contributed by atoms with Crippen LogP contribution in [0.3, 0.4) is 0 Å². The Balaban J connectivity index is 1.63. The standard InChI is InChI=1S/C22H19NO4/c1-25-17-10-16(11-18(12-17)26-2)23-21(24)9-15-13-27-20-8-7-14-5-3-4-6-19(14)22(15)20/h3-8,10-13H,9H2,1-2H3,(H,23,24). The van der Waals surface area contributed by atoms with Crippen LogP contribution in [0.25, 0.3) is 21.7 Å². The molecule has 0 fully saturated rings. The minimum absolute atomic E-state index is 0.138. The zero-order valence-electron chi connectivity index (χ0n) is 15.1. The largest absolute Gasteiger partial charge is 0.497 e. The summed E-state index contributed by atoms with van der Waals surface area (Å²) in [4.78, 5) is 12.6. The Morgan fingerprint density at radius 1 is 1.00 bits per heavy atom. The van der Waals surface area contributed by atoms with E-state index in [0.717, 1.165) is 27.3 Å². The lowest BCUT2D eigenvalue weighted by atomic mass is 10.0. The van der Waals surface area contributed by atoms with Crippen molar-refractivity contribution in [1.82, 2.24) is 0 Å². The van der Waals surface area contributed by atoms with Crippen LogP contribution in [0.5, 0.6) is 11.5 Å². The van der Waals surface area contributed by atoms with Crippen molar-refractivity contribution >= 4 is 33.3 Å². The molecule has 4 rings (SSSR count). The monoisotopic (exact) mass is 361 g/mol. The number of rotatable bonds is 5. The van der Waals surface area contributed by atoms with Gasteiger partial charge < -0.3 is 19.2 Å². The molecule has 0 radical (unpaired) electrons. The molecule has 136 valence electrons. The number of methoxy groups -OCH3 is 2. The third-order valence-corrected chi connectivity index (χ3v) is 4.53. The lowest BCUT2D eigenvalue weighted by molar-refractivity contribution is -0.115. The molecule has 27 heavy (non-hydrogen) atoms. The van der Waals surface area contributed by atoms with Gasteiger partial charge >= 0.3 is 0 Å². The van der Waals surface area contributed by atoms with Gasteiger partial charge in [-0.3, -0.25) is 4.79 Å². The summed E-state index contributed by atoms with van der Waals surface area (Å²) < 4.78 is 16.1. The van der Waals surface area contributed by atoms with Crippen LogP contribution in [-0.4, -0.2) is 20.1 Å². The summed E-state index contributed by atoms with van der Waals surface area (Å²) in [6.45, 7) is 0. The number of hydrogen-bond donors (Lipinski definition) is 1. The third-order valence-electron chi connectivity index (χ3n) is 4.53. The Labute approximate surface area is 156 Å². The molecule has 0 bridgehead atoms. The fraction of sp³-hybridized carbons (Fsp3) is 0.136. The molecule has 0 saturated carbocycles. The van der Waals surface area contributed by atoms with Crippen LogP contribution in [-0.2, 0) is 11.2 Å². The molecule has 5 nitrogen and oxygen atoms in total. The summed E-state index contributed by atoms with van der Waals surface area (Å²) in [7, 11) is 3.15. The first-order valence-corrected chi connectivity index (χ1v) is 8.58. The Bertz CT molecular complexity index is 1110. The van der Waals surface area contributed by atoms with Gasteiger partial charge in [-0.1, -0.05) is 30.3 Å². The highest BCUT2D eigenvalue weighted by Gasteiger charge is 2.14. The number of fused-ring (bicyclic) bond motifs is 3. The zero-order valence-corrected chi connectivity index (χ0v) is 15.1. The molecule has 0 aliphatic carbocycles. The van der Waals surface area contributed by atoms with Gasteiger partial charge in [0.2, 0.25) is 5.91 Å². The lowest BCUT2D eigenvalue weighted by Crippen LogP contribution is -2.14. The van der Waals surface area contributed by atoms with Gasteiger partial charge in [0.05, 0.1) is 26.9 Å². The van der Waals surface area contributed by atoms with E-state index >= 15 is 0 Å². The summed E-state index contributed by atoms with van der Waals surface area (Å²) in [6.07, 6.45) is 1.86. The number of hydrogen-bond acceptors (Lipinski definition) is 4. The smallest absolute Gasteiger partial charge is 0.228 e. The fourth-order valence-electron chi connectivity index (χ4n) is 3.26. The maximum absolute atomic E-state index is 12.6. The summed E-state index contributed by atoms with van der Waals surface area (Å²) in [5.74, 6) is 1.09. The van der Waals surface area contributed by atoms with E-state index in [1.165, 1.54) is 0 Å². The molecule has 3 aromatic carbocycles. The van der Waals surface area contributed by atoms with E-state index in [1.807, 2.05) is 36.4 Å². The van der Waals surface area contributed by atoms with E-state index in [0.29, 0.717) is 17.2 Å². The molecule has 1 heterocycles. The van der Waals surface area contributed by atoms with Crippen LogP contribution >= 0.6 is 0 Å². The van der Waals surface area contributed by atoms with Crippen molar-refractivity contribution in [3.63, 3.8) is 0 Å². The lowest BCUT2D eigenvalue weighted by Gasteiger charge is -2.10. The highest BCUT2D eigenvalue weighted by molar-refractivity contribution is 6.09. The molecular formula is C22H19NO4. The molecule has 0 spiro atoms. The van der Waals surface area contributed by atoms with Crippen molar-refractivity contribution in [3.05, 3.63) is 66.4 Å². The second-order valence-electron chi connectivity index (χ2n) is 6.25. The van der Waals surface area contributed by atoms with E-state index < -0.39 is 0 Å². The predicted octanol–water partition coefficient (Wildman–Crippen LogP) is 4.78. The molecule has 1 aromatic heterocycles. The molecule has 0 aliphatic rings. The predicted molar refractivity (Wildman–Crippen MR) is 106 cm³/mol. The second-order valence-corrected chi connectivity index (χ2v) is 6.25. The van der Waals surface area contributed by atoms with Crippen molar-refractivity contribution in [2.24, 2.45) is 0 Å². The Hall–Kier alpha value is -3.47. The first-order valence-electron chi connectivity index (χ1n) is 8.58. The van der Waals surface area contributed by atoms with Crippen LogP contribution in [0.4, 0.5) is 5.69 Å². The number of benzene rings is 3. The van der Waals surface area contributed by atoms with E-state index in [-0.39, 0.29) is 12.3 Å². The second kappa shape index (κ2) is 7.03. The van der Waals surface area contributed by atoms with Gasteiger partial charge in [0.1, 0.15) is 17.1 Å². The molecule has 4 aromatic rings. The molecule has 0 atom stereocenters. The third kappa shape index (κ3) is 3.31. The molecule has 0 saturated heterocycles. The summed E-state index contributed by atoms with van der Waals surface area (Å²) in [6, 6.07) is 17.3. The highest BCUT2D eigenvalue weighted by Crippen LogP contribution is 2.31. The molecule has 1 amide bonds. The van der Waals surface area contributed by atoms with Gasteiger partial charge in [0.25, 0.3) is 0 Å². The van der Waals surface area contributed by atoms with Gasteiger partial charge in [-0.05, 0) is 16.8 Å². The van der Waals surface area contributed by atoms with Crippen molar-refractivity contribution in [2.45, 2.75) is 6.42 Å². The van der Waals surface area contributed by atoms with Crippen molar-refractivity contribution in [2.75, 3.05) is 19.5 Å². The van der Waals surface area contributed by atoms with Crippen LogP contribution in [0, 0.1) is 0 Å². The highest BCUT2D eigenvalue weighted by atomic mass is 16.5. The molecule has 5 heteroatoms. The van der Waals surface area contributed by atoms with E-state index in [9.17, 15) is 4.79 Å². The van der Waals surface area contributed by atoms with Gasteiger partial charge in [-0.15, -0.1) is 0 Å². The molecular weight excluding hydrogens is 342 g/mol. The van der Waals surface area contributed by atoms with Crippen LogP contribution in [0.1, 0.15) is 5.56 Å². The van der Waals surface area contributed by atoms with Crippen molar-refractivity contribution in [1.29, 1.82) is 0 Å². The maximum Gasteiger partial charge on any atom is 0.228 e. The molecule has 0 unspecified atom stereocenters. The Kier molecular flexibility index (Phi) is 4.42. The normalized spacial score (nSPS) is 10.9. The maximum atomic E-state index is 12.6. The minimum Gasteiger partial charge on any atom is -0.497 e. The zero-order chi connectivity index (χ0) is 18.8. The number of ether oxygens (including phenoxy) is 2. The fourth-order valence-corrected chi connectivity index (χ4v) is 3.26. The molecule has 0 aliphatic heterocycles. The first kappa shape index (κ1) is 17.0. The van der Waals surface area contributed by atoms with Gasteiger partial charge in [-0.2, -0.15) is 0 Å². The number of furan rings is 1. The van der Waals surface area contributed by atoms with Gasteiger partial charge in [0, 0.05) is 34.8 Å². The van der Waals surface area contributed by atoms with E-state index in [1.54, 1.807) is 38.7 Å². The summed E-state index contributed by atoms with van der Waals surface area (Å²) in [5, 5.41) is 6.07. The average molecular weight is 361 g/mol. The average Bonchev–Trinajstić information content (AvgIpc) is 3.10. The Morgan fingerprint density at radius 3 is 2.48 bits per heavy atom. The van der Waals surface area contributed by atoms with Gasteiger partial charge in [-0.25, -0.2) is 0 Å². The number of carbonyl (C=O) groups is 1. The van der Waals surface area contributed by atoms with E-state index in [2.05, 4.69) is 5.32 Å². The number of amides is 1. The van der Waals surface area contributed by atoms with Crippen LogP contribution < -0.4 is 14.8 Å². The number of anilines is 1. The first-order chi connectivity index (χ1) is 13.2. The van der Waals surface area contributed by atoms with Crippen LogP contribution in [0.2, 0.25) is 0 Å². The SMILES string of the molecule is COc1cc(NC(=O)Cc2coc3ccc4ccccc4c23)cc(OC)c1. The summed E-state index contributed by atoms with van der Waals surface area (Å²) >= 11 is 0. The Morgan fingerprint density at radius 2 is 1.74 bits per heavy atom. The summed E-state index contributed by atoms with van der Waals surface area (Å²) in [5.41, 5.74) is 2.25. The minimum atomic E-state index is -0.138. The topological polar surface area (TPSA) is 60.7 Å². The van der Waals surface area contributed by atoms with Crippen molar-refractivity contribution in [3.8, 4) is 11.5 Å². The van der Waals surface area contributed by atoms with Gasteiger partial charge in [0.15, 0.2) is 0 Å². The van der Waals surface area contributed by atoms with Crippen LogP contribution in [0.15, 0.2) is 65.3 Å². The number of carbonyl (C=O) groups excluding carboxylic acids is 1. The van der Waals surface area contributed by atoms with E-state index in [4.69, 9.17) is 13.9 Å². The van der Waals surface area contributed by atoms with Crippen molar-refractivity contribution < 1.29 is 18.7 Å². The quantitative estimate of drug-likeness (QED) is 0.555.